The number of aromatic nitrogens is 2. The normalized spacial score (nSPS) is 11.0. The van der Waals surface area contributed by atoms with Crippen LogP contribution in [-0.4, -0.2) is 21.7 Å². The Morgan fingerprint density at radius 1 is 1.23 bits per heavy atom. The van der Waals surface area contributed by atoms with Crippen LogP contribution in [0.1, 0.15) is 20.8 Å². The van der Waals surface area contributed by atoms with Crippen molar-refractivity contribution >= 4 is 29.5 Å². The first-order valence-electron chi connectivity index (χ1n) is 6.68. The molecule has 22 heavy (non-hydrogen) atoms. The first-order valence-corrected chi connectivity index (χ1v) is 7.50. The fourth-order valence-electron chi connectivity index (χ4n) is 1.56. The second-order valence-corrected chi connectivity index (χ2v) is 6.60. The summed E-state index contributed by atoms with van der Waals surface area (Å²) in [5, 5.41) is 3.45. The number of ether oxygens (including phenoxy) is 1. The quantitative estimate of drug-likeness (QED) is 0.841. The van der Waals surface area contributed by atoms with Crippen LogP contribution in [0.3, 0.4) is 0 Å². The van der Waals surface area contributed by atoms with Crippen LogP contribution in [0.15, 0.2) is 46.5 Å². The van der Waals surface area contributed by atoms with Crippen molar-refractivity contribution in [2.75, 3.05) is 11.1 Å². The number of carbonyl (C=O) groups excluding carboxylic acids is 1. The van der Waals surface area contributed by atoms with E-state index in [1.54, 1.807) is 24.4 Å². The van der Waals surface area contributed by atoms with Gasteiger partial charge in [-0.3, -0.25) is 5.32 Å². The lowest BCUT2D eigenvalue weighted by molar-refractivity contribution is 0.0636. The minimum absolute atomic E-state index is 0.244. The number of nitrogens with two attached hydrogens (primary N) is 1. The van der Waals surface area contributed by atoms with E-state index in [0.29, 0.717) is 5.69 Å². The molecule has 7 heteroatoms. The van der Waals surface area contributed by atoms with Crippen molar-refractivity contribution in [1.82, 2.24) is 9.97 Å². The van der Waals surface area contributed by atoms with Crippen molar-refractivity contribution < 1.29 is 9.53 Å². The zero-order chi connectivity index (χ0) is 16.2. The molecular formula is C15H18N4O2S. The molecule has 1 amide bonds. The number of anilines is 2. The molecule has 0 fully saturated rings. The van der Waals surface area contributed by atoms with Gasteiger partial charge in [-0.15, -0.1) is 0 Å². The summed E-state index contributed by atoms with van der Waals surface area (Å²) in [5.74, 6) is 0.244. The minimum Gasteiger partial charge on any atom is -0.444 e. The molecule has 0 atom stereocenters. The molecule has 2 aromatic rings. The SMILES string of the molecule is CC(C)(C)OC(=O)Nc1ccc(Sc2ccnc(N)n2)cc1. The van der Waals surface area contributed by atoms with Gasteiger partial charge in [-0.2, -0.15) is 0 Å². The van der Waals surface area contributed by atoms with Crippen molar-refractivity contribution in [2.45, 2.75) is 36.3 Å². The number of nitrogen functional groups attached to an aromatic ring is 1. The number of rotatable bonds is 3. The minimum atomic E-state index is -0.521. The number of nitrogens with zero attached hydrogens (tertiary/aromatic N) is 2. The summed E-state index contributed by atoms with van der Waals surface area (Å²) >= 11 is 1.46. The van der Waals surface area contributed by atoms with Crippen molar-refractivity contribution in [1.29, 1.82) is 0 Å². The van der Waals surface area contributed by atoms with Gasteiger partial charge in [0.05, 0.1) is 0 Å². The van der Waals surface area contributed by atoms with Crippen LogP contribution in [0.2, 0.25) is 0 Å². The van der Waals surface area contributed by atoms with Gasteiger partial charge in [0.2, 0.25) is 5.95 Å². The Hall–Kier alpha value is -2.28. The number of hydrogen-bond acceptors (Lipinski definition) is 6. The molecule has 0 aliphatic carbocycles. The molecule has 0 spiro atoms. The third-order valence-electron chi connectivity index (χ3n) is 2.37. The summed E-state index contributed by atoms with van der Waals surface area (Å²) in [5.41, 5.74) is 5.69. The predicted octanol–water partition coefficient (Wildman–Crippen LogP) is 3.56. The van der Waals surface area contributed by atoms with Crippen LogP contribution in [0.5, 0.6) is 0 Å². The van der Waals surface area contributed by atoms with Gasteiger partial charge < -0.3 is 10.5 Å². The van der Waals surface area contributed by atoms with Crippen LogP contribution in [0.4, 0.5) is 16.4 Å². The Balaban J connectivity index is 1.97. The zero-order valence-corrected chi connectivity index (χ0v) is 13.5. The van der Waals surface area contributed by atoms with Crippen molar-refractivity contribution in [3.05, 3.63) is 36.5 Å². The Morgan fingerprint density at radius 3 is 2.50 bits per heavy atom. The highest BCUT2D eigenvalue weighted by molar-refractivity contribution is 7.99. The Bertz CT molecular complexity index is 653. The van der Waals surface area contributed by atoms with Crippen LogP contribution < -0.4 is 11.1 Å². The molecule has 2 rings (SSSR count). The standard InChI is InChI=1S/C15H18N4O2S/c1-15(2,3)21-14(20)18-10-4-6-11(7-5-10)22-12-8-9-17-13(16)19-12/h4-9H,1-3H3,(H,18,20)(H2,16,17,19). The van der Waals surface area contributed by atoms with Gasteiger partial charge in [0.15, 0.2) is 0 Å². The summed E-state index contributed by atoms with van der Waals surface area (Å²) in [4.78, 5) is 20.6. The van der Waals surface area contributed by atoms with Crippen LogP contribution >= 0.6 is 11.8 Å². The average molecular weight is 318 g/mol. The molecule has 116 valence electrons. The molecule has 0 bridgehead atoms. The molecule has 0 unspecified atom stereocenters. The summed E-state index contributed by atoms with van der Waals surface area (Å²) < 4.78 is 5.19. The molecule has 6 nitrogen and oxygen atoms in total. The third-order valence-corrected chi connectivity index (χ3v) is 3.32. The fraction of sp³-hybridized carbons (Fsp3) is 0.267. The van der Waals surface area contributed by atoms with Crippen LogP contribution in [-0.2, 0) is 4.74 Å². The highest BCUT2D eigenvalue weighted by Gasteiger charge is 2.16. The topological polar surface area (TPSA) is 90.1 Å². The Kier molecular flexibility index (Phi) is 4.87. The Morgan fingerprint density at radius 2 is 1.91 bits per heavy atom. The van der Waals surface area contributed by atoms with E-state index in [2.05, 4.69) is 15.3 Å². The molecule has 1 aromatic heterocycles. The number of amides is 1. The van der Waals surface area contributed by atoms with Crippen LogP contribution in [0, 0.1) is 0 Å². The molecule has 3 N–H and O–H groups in total. The van der Waals surface area contributed by atoms with Gasteiger partial charge in [0.25, 0.3) is 0 Å². The number of hydrogen-bond donors (Lipinski definition) is 2. The lowest BCUT2D eigenvalue weighted by Gasteiger charge is -2.19. The third kappa shape index (κ3) is 5.25. The van der Waals surface area contributed by atoms with Gasteiger partial charge in [0.1, 0.15) is 10.6 Å². The maximum atomic E-state index is 11.7. The van der Waals surface area contributed by atoms with Crippen LogP contribution in [0.25, 0.3) is 0 Å². The molecule has 0 saturated carbocycles. The van der Waals surface area contributed by atoms with Crippen molar-refractivity contribution in [2.24, 2.45) is 0 Å². The lowest BCUT2D eigenvalue weighted by Crippen LogP contribution is -2.27. The van der Waals surface area contributed by atoms with Crippen molar-refractivity contribution in [3.63, 3.8) is 0 Å². The molecule has 0 saturated heterocycles. The second-order valence-electron chi connectivity index (χ2n) is 5.51. The number of benzene rings is 1. The smallest absolute Gasteiger partial charge is 0.412 e. The lowest BCUT2D eigenvalue weighted by atomic mass is 10.2. The molecular weight excluding hydrogens is 300 g/mol. The summed E-state index contributed by atoms with van der Waals surface area (Å²) in [6, 6.07) is 9.16. The molecule has 0 aliphatic rings. The first kappa shape index (κ1) is 16.1. The molecule has 1 aromatic carbocycles. The van der Waals surface area contributed by atoms with E-state index >= 15 is 0 Å². The largest absolute Gasteiger partial charge is 0.444 e. The maximum Gasteiger partial charge on any atom is 0.412 e. The molecule has 1 heterocycles. The summed E-state index contributed by atoms with van der Waals surface area (Å²) in [6.45, 7) is 5.46. The highest BCUT2D eigenvalue weighted by Crippen LogP contribution is 2.27. The zero-order valence-electron chi connectivity index (χ0n) is 12.7. The number of nitrogens with one attached hydrogen (secondary N) is 1. The molecule has 0 aliphatic heterocycles. The average Bonchev–Trinajstić information content (AvgIpc) is 2.39. The summed E-state index contributed by atoms with van der Waals surface area (Å²) in [7, 11) is 0. The van der Waals surface area contributed by atoms with E-state index in [1.807, 2.05) is 32.9 Å². The number of carbonyl (C=O) groups is 1. The van der Waals surface area contributed by atoms with Crippen molar-refractivity contribution in [3.8, 4) is 0 Å². The molecule has 0 radical (unpaired) electrons. The Labute approximate surface area is 133 Å². The second kappa shape index (κ2) is 6.65. The van der Waals surface area contributed by atoms with E-state index in [-0.39, 0.29) is 5.95 Å². The summed E-state index contributed by atoms with van der Waals surface area (Å²) in [6.07, 6.45) is 1.14. The first-order chi connectivity index (χ1) is 10.3. The monoisotopic (exact) mass is 318 g/mol. The van der Waals surface area contributed by atoms with Gasteiger partial charge in [-0.1, -0.05) is 11.8 Å². The van der Waals surface area contributed by atoms with Gasteiger partial charge in [-0.25, -0.2) is 14.8 Å². The van der Waals surface area contributed by atoms with Gasteiger partial charge in [-0.05, 0) is 51.1 Å². The van der Waals surface area contributed by atoms with Gasteiger partial charge >= 0.3 is 6.09 Å². The van der Waals surface area contributed by atoms with E-state index in [9.17, 15) is 4.79 Å². The van der Waals surface area contributed by atoms with E-state index in [4.69, 9.17) is 10.5 Å². The fourth-order valence-corrected chi connectivity index (χ4v) is 2.34. The highest BCUT2D eigenvalue weighted by atomic mass is 32.2. The van der Waals surface area contributed by atoms with E-state index in [1.165, 1.54) is 11.8 Å². The van der Waals surface area contributed by atoms with Gasteiger partial charge in [0, 0.05) is 16.8 Å². The van der Waals surface area contributed by atoms with E-state index in [0.717, 1.165) is 9.92 Å². The van der Waals surface area contributed by atoms with E-state index < -0.39 is 11.7 Å². The maximum absolute atomic E-state index is 11.7. The predicted molar refractivity (Wildman–Crippen MR) is 86.9 cm³/mol.